The van der Waals surface area contributed by atoms with Gasteiger partial charge in [-0.15, -0.1) is 0 Å². The fourth-order valence-corrected chi connectivity index (χ4v) is 2.52. The number of hydrogen-bond acceptors (Lipinski definition) is 5. The minimum absolute atomic E-state index is 0.00741. The molecule has 2 aromatic heterocycles. The summed E-state index contributed by atoms with van der Waals surface area (Å²) in [4.78, 5) is 0. The average molecular weight is 334 g/mol. The van der Waals surface area contributed by atoms with E-state index < -0.39 is 6.10 Å². The van der Waals surface area contributed by atoms with Crippen LogP contribution in [0.3, 0.4) is 0 Å². The lowest BCUT2D eigenvalue weighted by molar-refractivity contribution is 0.0948. The van der Waals surface area contributed by atoms with Crippen molar-refractivity contribution in [2.24, 2.45) is 0 Å². The highest BCUT2D eigenvalue weighted by atomic mass is 35.5. The van der Waals surface area contributed by atoms with Gasteiger partial charge in [0.25, 0.3) is 0 Å². The van der Waals surface area contributed by atoms with Crippen molar-refractivity contribution in [2.45, 2.75) is 12.5 Å². The molecular formula is C16H16ClN3O3. The highest BCUT2D eigenvalue weighted by Gasteiger charge is 2.16. The molecule has 0 spiro atoms. The maximum atomic E-state index is 9.73. The van der Waals surface area contributed by atoms with Gasteiger partial charge >= 0.3 is 0 Å². The van der Waals surface area contributed by atoms with Gasteiger partial charge in [0.05, 0.1) is 34.6 Å². The van der Waals surface area contributed by atoms with Crippen molar-refractivity contribution in [3.8, 4) is 5.75 Å². The smallest absolute Gasteiger partial charge is 0.134 e. The van der Waals surface area contributed by atoms with Gasteiger partial charge in [-0.3, -0.25) is 0 Å². The second-order valence-corrected chi connectivity index (χ2v) is 5.59. The second kappa shape index (κ2) is 6.45. The Labute approximate surface area is 137 Å². The number of aromatic nitrogens is 2. The molecule has 1 atom stereocenters. The summed E-state index contributed by atoms with van der Waals surface area (Å²) in [6.45, 7) is -0.335. The van der Waals surface area contributed by atoms with Gasteiger partial charge in [-0.2, -0.15) is 5.10 Å². The number of phenols is 1. The van der Waals surface area contributed by atoms with Gasteiger partial charge in [0.1, 0.15) is 5.75 Å². The van der Waals surface area contributed by atoms with E-state index in [4.69, 9.17) is 16.7 Å². The highest BCUT2D eigenvalue weighted by Crippen LogP contribution is 2.31. The van der Waals surface area contributed by atoms with Gasteiger partial charge in [0.15, 0.2) is 0 Å². The Balaban J connectivity index is 2.02. The van der Waals surface area contributed by atoms with E-state index in [1.807, 2.05) is 18.2 Å². The maximum absolute atomic E-state index is 9.73. The summed E-state index contributed by atoms with van der Waals surface area (Å²) in [6, 6.07) is 10.4. The number of aliphatic hydroxyl groups is 2. The predicted molar refractivity (Wildman–Crippen MR) is 88.4 cm³/mol. The number of nitrogens with zero attached hydrogens (tertiary/aromatic N) is 2. The molecule has 0 aliphatic rings. The van der Waals surface area contributed by atoms with Crippen LogP contribution >= 0.6 is 11.6 Å². The fraction of sp³-hybridized carbons (Fsp3) is 0.188. The first-order chi connectivity index (χ1) is 11.1. The van der Waals surface area contributed by atoms with Crippen molar-refractivity contribution in [1.29, 1.82) is 0 Å². The lowest BCUT2D eigenvalue weighted by Gasteiger charge is -2.10. The number of fused-ring (bicyclic) bond motifs is 1. The van der Waals surface area contributed by atoms with Crippen molar-refractivity contribution in [3.63, 3.8) is 0 Å². The quantitative estimate of drug-likeness (QED) is 0.538. The van der Waals surface area contributed by atoms with Gasteiger partial charge in [-0.05, 0) is 30.3 Å². The van der Waals surface area contributed by atoms with Crippen molar-refractivity contribution in [1.82, 2.24) is 9.61 Å². The van der Waals surface area contributed by atoms with E-state index in [0.717, 1.165) is 11.2 Å². The topological polar surface area (TPSA) is 90.0 Å². The molecule has 7 heteroatoms. The minimum atomic E-state index is -0.885. The molecule has 0 fully saturated rings. The molecule has 120 valence electrons. The number of phenolic OH excluding ortho intramolecular Hbond substituents is 1. The molecular weight excluding hydrogens is 318 g/mol. The SMILES string of the molecule is OCC(O)Cc1nn2ccccc2c1Nc1ccc(O)c(Cl)c1. The summed E-state index contributed by atoms with van der Waals surface area (Å²) in [6.07, 6.45) is 1.13. The lowest BCUT2D eigenvalue weighted by Crippen LogP contribution is -2.16. The Morgan fingerprint density at radius 1 is 1.26 bits per heavy atom. The lowest BCUT2D eigenvalue weighted by atomic mass is 10.1. The molecule has 3 aromatic rings. The average Bonchev–Trinajstić information content (AvgIpc) is 2.88. The first kappa shape index (κ1) is 15.6. The van der Waals surface area contributed by atoms with Crippen LogP contribution in [-0.2, 0) is 6.42 Å². The van der Waals surface area contributed by atoms with E-state index in [2.05, 4.69) is 10.4 Å². The Morgan fingerprint density at radius 3 is 2.83 bits per heavy atom. The summed E-state index contributed by atoms with van der Waals surface area (Å²) < 4.78 is 1.70. The molecule has 23 heavy (non-hydrogen) atoms. The van der Waals surface area contributed by atoms with Crippen LogP contribution < -0.4 is 5.32 Å². The zero-order chi connectivity index (χ0) is 16.4. The molecule has 4 N–H and O–H groups in total. The maximum Gasteiger partial charge on any atom is 0.134 e. The standard InChI is InChI=1S/C16H16ClN3O3/c17-12-7-10(4-5-15(12)23)18-16-13(8-11(22)9-21)19-20-6-2-1-3-14(16)20/h1-7,11,18,21-23H,8-9H2. The molecule has 2 heterocycles. The molecule has 0 amide bonds. The van der Waals surface area contributed by atoms with Crippen LogP contribution in [0, 0.1) is 0 Å². The summed E-state index contributed by atoms with van der Waals surface area (Å²) in [5.74, 6) is 0.00741. The highest BCUT2D eigenvalue weighted by molar-refractivity contribution is 6.32. The van der Waals surface area contributed by atoms with E-state index in [-0.39, 0.29) is 23.8 Å². The van der Waals surface area contributed by atoms with Crippen LogP contribution in [0.1, 0.15) is 5.69 Å². The van der Waals surface area contributed by atoms with Crippen molar-refractivity contribution in [2.75, 3.05) is 11.9 Å². The third-order valence-electron chi connectivity index (χ3n) is 3.47. The minimum Gasteiger partial charge on any atom is -0.506 e. The van der Waals surface area contributed by atoms with E-state index in [9.17, 15) is 10.2 Å². The Hall–Kier alpha value is -2.28. The number of rotatable bonds is 5. The van der Waals surface area contributed by atoms with Crippen LogP contribution in [0.15, 0.2) is 42.6 Å². The molecule has 0 bridgehead atoms. The summed E-state index contributed by atoms with van der Waals surface area (Å²) in [5, 5.41) is 36.2. The fourth-order valence-electron chi connectivity index (χ4n) is 2.34. The first-order valence-electron chi connectivity index (χ1n) is 7.09. The first-order valence-corrected chi connectivity index (χ1v) is 7.47. The van der Waals surface area contributed by atoms with Crippen LogP contribution in [-0.4, -0.2) is 37.6 Å². The molecule has 6 nitrogen and oxygen atoms in total. The van der Waals surface area contributed by atoms with Gasteiger partial charge in [0.2, 0.25) is 0 Å². The van der Waals surface area contributed by atoms with Crippen LogP contribution in [0.5, 0.6) is 5.75 Å². The third-order valence-corrected chi connectivity index (χ3v) is 3.77. The van der Waals surface area contributed by atoms with E-state index >= 15 is 0 Å². The van der Waals surface area contributed by atoms with Crippen LogP contribution in [0.2, 0.25) is 5.02 Å². The van der Waals surface area contributed by atoms with Gasteiger partial charge in [-0.1, -0.05) is 17.7 Å². The Morgan fingerprint density at radius 2 is 2.09 bits per heavy atom. The zero-order valence-corrected chi connectivity index (χ0v) is 12.9. The molecule has 0 aliphatic heterocycles. The molecule has 3 rings (SSSR count). The van der Waals surface area contributed by atoms with Crippen LogP contribution in [0.4, 0.5) is 11.4 Å². The molecule has 1 unspecified atom stereocenters. The van der Waals surface area contributed by atoms with Crippen molar-refractivity contribution >= 4 is 28.5 Å². The number of aromatic hydroxyl groups is 1. The molecule has 1 aromatic carbocycles. The molecule has 0 saturated carbocycles. The third kappa shape index (κ3) is 3.24. The number of pyridine rings is 1. The van der Waals surface area contributed by atoms with Crippen LogP contribution in [0.25, 0.3) is 5.52 Å². The summed E-state index contributed by atoms with van der Waals surface area (Å²) in [5.41, 5.74) is 2.87. The number of benzene rings is 1. The zero-order valence-electron chi connectivity index (χ0n) is 12.1. The summed E-state index contributed by atoms with van der Waals surface area (Å²) in [7, 11) is 0. The number of aliphatic hydroxyl groups excluding tert-OH is 2. The molecule has 0 aliphatic carbocycles. The Kier molecular flexibility index (Phi) is 4.38. The number of nitrogens with one attached hydrogen (secondary N) is 1. The monoisotopic (exact) mass is 333 g/mol. The van der Waals surface area contributed by atoms with Gasteiger partial charge in [0, 0.05) is 18.3 Å². The molecule has 0 saturated heterocycles. The second-order valence-electron chi connectivity index (χ2n) is 5.18. The predicted octanol–water partition coefficient (Wildman–Crippen LogP) is 2.33. The van der Waals surface area contributed by atoms with E-state index in [1.165, 1.54) is 6.07 Å². The van der Waals surface area contributed by atoms with Gasteiger partial charge in [-0.25, -0.2) is 4.52 Å². The number of halogens is 1. The number of anilines is 2. The molecule has 0 radical (unpaired) electrons. The Bertz CT molecular complexity index is 835. The van der Waals surface area contributed by atoms with E-state index in [1.54, 1.807) is 22.8 Å². The van der Waals surface area contributed by atoms with E-state index in [0.29, 0.717) is 11.4 Å². The van der Waals surface area contributed by atoms with Gasteiger partial charge < -0.3 is 20.6 Å². The van der Waals surface area contributed by atoms with Crippen molar-refractivity contribution < 1.29 is 15.3 Å². The van der Waals surface area contributed by atoms with Crippen molar-refractivity contribution in [3.05, 3.63) is 53.3 Å². The number of hydrogen-bond donors (Lipinski definition) is 4. The normalized spacial score (nSPS) is 12.5. The summed E-state index contributed by atoms with van der Waals surface area (Å²) >= 11 is 5.93. The largest absolute Gasteiger partial charge is 0.506 e.